The molecule has 10 nitrogen and oxygen atoms in total. The lowest BCUT2D eigenvalue weighted by molar-refractivity contribution is -0.116. The Labute approximate surface area is 203 Å². The highest BCUT2D eigenvalue weighted by molar-refractivity contribution is 6.04. The Morgan fingerprint density at radius 2 is 1.91 bits per heavy atom. The van der Waals surface area contributed by atoms with Gasteiger partial charge in [-0.2, -0.15) is 9.97 Å². The number of methoxy groups -OCH3 is 1. The SMILES string of the molecule is C=CC(=O)c1ccc(Cn2c(=O)[nH]c3c(NC(=O)CCCCCC)nc(OCCOC)nc32)cc1. The van der Waals surface area contributed by atoms with Crippen LogP contribution in [0, 0.1) is 0 Å². The molecule has 0 saturated heterocycles. The molecule has 0 aliphatic heterocycles. The number of aromatic nitrogens is 4. The molecular formula is C25H31N5O5. The van der Waals surface area contributed by atoms with Gasteiger partial charge in [0.2, 0.25) is 5.91 Å². The lowest BCUT2D eigenvalue weighted by atomic mass is 10.1. The molecule has 0 aliphatic rings. The maximum Gasteiger partial charge on any atom is 0.328 e. The van der Waals surface area contributed by atoms with E-state index >= 15 is 0 Å². The van der Waals surface area contributed by atoms with Gasteiger partial charge in [0, 0.05) is 19.1 Å². The number of nitrogens with one attached hydrogen (secondary N) is 2. The number of aromatic amines is 1. The number of fused-ring (bicyclic) bond motifs is 1. The number of ketones is 1. The van der Waals surface area contributed by atoms with Crippen LogP contribution in [0.1, 0.15) is 54.9 Å². The van der Waals surface area contributed by atoms with Crippen LogP contribution in [0.15, 0.2) is 41.7 Å². The van der Waals surface area contributed by atoms with E-state index in [4.69, 9.17) is 9.47 Å². The number of ether oxygens (including phenoxy) is 2. The van der Waals surface area contributed by atoms with Gasteiger partial charge in [0.05, 0.1) is 13.2 Å². The summed E-state index contributed by atoms with van der Waals surface area (Å²) in [7, 11) is 1.55. The fourth-order valence-corrected chi connectivity index (χ4v) is 3.51. The van der Waals surface area contributed by atoms with Crippen LogP contribution in [-0.4, -0.2) is 51.5 Å². The van der Waals surface area contributed by atoms with Gasteiger partial charge in [-0.3, -0.25) is 14.2 Å². The molecule has 2 heterocycles. The summed E-state index contributed by atoms with van der Waals surface area (Å²) in [4.78, 5) is 48.6. The first-order chi connectivity index (χ1) is 17.0. The van der Waals surface area contributed by atoms with E-state index in [1.165, 1.54) is 10.6 Å². The average Bonchev–Trinajstić information content (AvgIpc) is 3.17. The summed E-state index contributed by atoms with van der Waals surface area (Å²) >= 11 is 0. The van der Waals surface area contributed by atoms with Crippen LogP contribution < -0.4 is 15.7 Å². The third-order valence-corrected chi connectivity index (χ3v) is 5.40. The number of allylic oxidation sites excluding steroid dienone is 1. The number of amides is 1. The van der Waals surface area contributed by atoms with Gasteiger partial charge in [-0.25, -0.2) is 4.79 Å². The van der Waals surface area contributed by atoms with Crippen molar-refractivity contribution in [2.24, 2.45) is 0 Å². The van der Waals surface area contributed by atoms with Crippen LogP contribution >= 0.6 is 0 Å². The number of carbonyl (C=O) groups is 2. The molecule has 2 N–H and O–H groups in total. The predicted octanol–water partition coefficient (Wildman–Crippen LogP) is 3.47. The zero-order chi connectivity index (χ0) is 25.2. The highest BCUT2D eigenvalue weighted by Crippen LogP contribution is 2.22. The molecule has 186 valence electrons. The molecule has 3 aromatic rings. The average molecular weight is 482 g/mol. The zero-order valence-corrected chi connectivity index (χ0v) is 20.1. The topological polar surface area (TPSA) is 128 Å². The number of hydrogen-bond donors (Lipinski definition) is 2. The normalized spacial score (nSPS) is 10.9. The van der Waals surface area contributed by atoms with E-state index in [-0.39, 0.29) is 36.7 Å². The molecule has 10 heteroatoms. The first-order valence-corrected chi connectivity index (χ1v) is 11.6. The summed E-state index contributed by atoms with van der Waals surface area (Å²) in [6.07, 6.45) is 5.50. The molecule has 3 rings (SSSR count). The van der Waals surface area contributed by atoms with Crippen molar-refractivity contribution in [3.63, 3.8) is 0 Å². The number of hydrogen-bond acceptors (Lipinski definition) is 7. The number of H-pyrrole nitrogens is 1. The Morgan fingerprint density at radius 1 is 1.14 bits per heavy atom. The van der Waals surface area contributed by atoms with Gasteiger partial charge in [0.15, 0.2) is 17.2 Å². The Balaban J connectivity index is 1.91. The molecule has 2 aromatic heterocycles. The molecule has 0 aliphatic carbocycles. The number of anilines is 1. The Kier molecular flexibility index (Phi) is 9.31. The molecule has 0 spiro atoms. The number of rotatable bonds is 14. The third-order valence-electron chi connectivity index (χ3n) is 5.40. The van der Waals surface area contributed by atoms with Crippen molar-refractivity contribution < 1.29 is 19.1 Å². The Morgan fingerprint density at radius 3 is 2.60 bits per heavy atom. The molecule has 1 aromatic carbocycles. The summed E-state index contributed by atoms with van der Waals surface area (Å²) in [6.45, 7) is 6.33. The minimum Gasteiger partial charge on any atom is -0.461 e. The second kappa shape index (κ2) is 12.6. The van der Waals surface area contributed by atoms with E-state index in [2.05, 4.69) is 33.8 Å². The van der Waals surface area contributed by atoms with Crippen molar-refractivity contribution in [1.82, 2.24) is 19.5 Å². The van der Waals surface area contributed by atoms with Crippen molar-refractivity contribution in [3.8, 4) is 6.01 Å². The van der Waals surface area contributed by atoms with Gasteiger partial charge in [-0.05, 0) is 18.1 Å². The number of nitrogens with zero attached hydrogens (tertiary/aromatic N) is 3. The predicted molar refractivity (Wildman–Crippen MR) is 133 cm³/mol. The Hall–Kier alpha value is -3.79. The minimum absolute atomic E-state index is 0.0236. The second-order valence-corrected chi connectivity index (χ2v) is 8.04. The second-order valence-electron chi connectivity index (χ2n) is 8.04. The van der Waals surface area contributed by atoms with E-state index in [0.29, 0.717) is 29.8 Å². The number of carbonyl (C=O) groups excluding carboxylic acids is 2. The van der Waals surface area contributed by atoms with Crippen molar-refractivity contribution >= 4 is 28.7 Å². The van der Waals surface area contributed by atoms with Crippen LogP contribution in [0.5, 0.6) is 6.01 Å². The lowest BCUT2D eigenvalue weighted by Gasteiger charge is -2.10. The van der Waals surface area contributed by atoms with E-state index in [1.807, 2.05) is 0 Å². The van der Waals surface area contributed by atoms with Gasteiger partial charge in [0.25, 0.3) is 0 Å². The van der Waals surface area contributed by atoms with Crippen molar-refractivity contribution in [2.45, 2.75) is 45.6 Å². The van der Waals surface area contributed by atoms with E-state index in [9.17, 15) is 14.4 Å². The Bertz CT molecular complexity index is 1230. The molecule has 1 amide bonds. The standard InChI is InChI=1S/C25H31N5O5/c1-4-6-7-8-9-20(32)26-22-21-23(29-24(28-22)35-15-14-34-3)30(25(33)27-21)16-17-10-12-18(13-11-17)19(31)5-2/h5,10-13H,2,4,6-9,14-16H2,1,3H3,(H,27,33)(H,26,28,29,32). The quantitative estimate of drug-likeness (QED) is 0.205. The van der Waals surface area contributed by atoms with Crippen LogP contribution in [0.25, 0.3) is 11.2 Å². The first-order valence-electron chi connectivity index (χ1n) is 11.6. The highest BCUT2D eigenvalue weighted by Gasteiger charge is 2.18. The van der Waals surface area contributed by atoms with Gasteiger partial charge in [-0.15, -0.1) is 0 Å². The third kappa shape index (κ3) is 6.86. The van der Waals surface area contributed by atoms with Gasteiger partial charge >= 0.3 is 11.7 Å². The monoisotopic (exact) mass is 481 g/mol. The molecule has 0 bridgehead atoms. The van der Waals surface area contributed by atoms with E-state index in [1.54, 1.807) is 31.4 Å². The number of unbranched alkanes of at least 4 members (excludes halogenated alkanes) is 3. The zero-order valence-electron chi connectivity index (χ0n) is 20.1. The van der Waals surface area contributed by atoms with Crippen LogP contribution in [0.2, 0.25) is 0 Å². The molecule has 0 unspecified atom stereocenters. The van der Waals surface area contributed by atoms with Gasteiger partial charge < -0.3 is 19.8 Å². The largest absolute Gasteiger partial charge is 0.461 e. The fourth-order valence-electron chi connectivity index (χ4n) is 3.51. The summed E-state index contributed by atoms with van der Waals surface area (Å²) in [5.41, 5.74) is 1.50. The smallest absolute Gasteiger partial charge is 0.328 e. The lowest BCUT2D eigenvalue weighted by Crippen LogP contribution is -2.18. The number of imidazole rings is 1. The maximum atomic E-state index is 12.8. The fraction of sp³-hybridized carbons (Fsp3) is 0.400. The van der Waals surface area contributed by atoms with Crippen LogP contribution in [0.4, 0.5) is 5.82 Å². The minimum atomic E-state index is -0.409. The maximum absolute atomic E-state index is 12.8. The molecule has 35 heavy (non-hydrogen) atoms. The summed E-state index contributed by atoms with van der Waals surface area (Å²) < 4.78 is 12.0. The van der Waals surface area contributed by atoms with Crippen molar-refractivity contribution in [3.05, 3.63) is 58.5 Å². The van der Waals surface area contributed by atoms with Crippen LogP contribution in [-0.2, 0) is 16.1 Å². The molecule has 0 fully saturated rings. The summed E-state index contributed by atoms with van der Waals surface area (Å²) in [5.74, 6) is -0.188. The van der Waals surface area contributed by atoms with Gasteiger partial charge in [-0.1, -0.05) is 57.0 Å². The van der Waals surface area contributed by atoms with E-state index in [0.717, 1.165) is 31.2 Å². The summed E-state index contributed by atoms with van der Waals surface area (Å²) in [6, 6.07) is 6.90. The van der Waals surface area contributed by atoms with E-state index < -0.39 is 5.69 Å². The molecule has 0 radical (unpaired) electrons. The molecule has 0 atom stereocenters. The van der Waals surface area contributed by atoms with Gasteiger partial charge in [0.1, 0.15) is 12.1 Å². The highest BCUT2D eigenvalue weighted by atomic mass is 16.5. The van der Waals surface area contributed by atoms with Crippen molar-refractivity contribution in [1.29, 1.82) is 0 Å². The summed E-state index contributed by atoms with van der Waals surface area (Å²) in [5, 5.41) is 2.79. The molecule has 0 saturated carbocycles. The molecular weight excluding hydrogens is 450 g/mol. The first kappa shape index (κ1) is 25.8. The number of benzene rings is 1. The van der Waals surface area contributed by atoms with Crippen molar-refractivity contribution in [2.75, 3.05) is 25.6 Å². The van der Waals surface area contributed by atoms with Crippen LogP contribution in [0.3, 0.4) is 0 Å².